The third-order valence-electron chi connectivity index (χ3n) is 3.98. The second kappa shape index (κ2) is 6.64. The second-order valence-corrected chi connectivity index (χ2v) is 5.33. The van der Waals surface area contributed by atoms with Crippen LogP contribution in [0.25, 0.3) is 0 Å². The molecule has 2 rings (SSSR count). The third kappa shape index (κ3) is 3.24. The van der Waals surface area contributed by atoms with Gasteiger partial charge in [-0.2, -0.15) is 0 Å². The minimum absolute atomic E-state index is 0.157. The fourth-order valence-corrected chi connectivity index (χ4v) is 2.77. The van der Waals surface area contributed by atoms with Gasteiger partial charge in [-0.3, -0.25) is 4.79 Å². The number of methoxy groups -OCH3 is 2. The number of ether oxygens (including phenoxy) is 2. The number of carbonyl (C=O) groups is 1. The highest BCUT2D eigenvalue weighted by Crippen LogP contribution is 2.29. The summed E-state index contributed by atoms with van der Waals surface area (Å²) in [5.41, 5.74) is 1.97. The number of aryl methyl sites for hydroxylation is 1. The van der Waals surface area contributed by atoms with E-state index >= 15 is 0 Å². The van der Waals surface area contributed by atoms with Crippen LogP contribution in [0.1, 0.15) is 36.8 Å². The van der Waals surface area contributed by atoms with Crippen molar-refractivity contribution in [2.24, 2.45) is 5.92 Å². The maximum absolute atomic E-state index is 12.1. The van der Waals surface area contributed by atoms with E-state index in [1.165, 1.54) is 12.8 Å². The molecule has 0 saturated heterocycles. The lowest BCUT2D eigenvalue weighted by atomic mass is 10.1. The zero-order valence-corrected chi connectivity index (χ0v) is 12.5. The lowest BCUT2D eigenvalue weighted by Crippen LogP contribution is -2.28. The van der Waals surface area contributed by atoms with Gasteiger partial charge in [0, 0.05) is 18.0 Å². The molecule has 0 heterocycles. The number of carbonyl (C=O) groups excluding carboxylic acids is 1. The molecule has 1 aliphatic rings. The molecule has 1 amide bonds. The molecule has 0 bridgehead atoms. The van der Waals surface area contributed by atoms with Crippen LogP contribution in [0, 0.1) is 12.8 Å². The summed E-state index contributed by atoms with van der Waals surface area (Å²) in [6, 6.07) is 3.87. The Morgan fingerprint density at radius 3 is 2.45 bits per heavy atom. The highest BCUT2D eigenvalue weighted by Gasteiger charge is 2.22. The summed E-state index contributed by atoms with van der Waals surface area (Å²) >= 11 is 0. The van der Waals surface area contributed by atoms with E-state index in [9.17, 15) is 4.79 Å². The zero-order chi connectivity index (χ0) is 14.5. The van der Waals surface area contributed by atoms with Gasteiger partial charge < -0.3 is 14.8 Å². The highest BCUT2D eigenvalue weighted by molar-refractivity contribution is 5.78. The van der Waals surface area contributed by atoms with Crippen LogP contribution in [0.3, 0.4) is 0 Å². The van der Waals surface area contributed by atoms with Crippen LogP contribution in [0.5, 0.6) is 11.5 Å². The van der Waals surface area contributed by atoms with Crippen molar-refractivity contribution in [1.29, 1.82) is 0 Å². The van der Waals surface area contributed by atoms with Gasteiger partial charge in [0.05, 0.1) is 14.2 Å². The fourth-order valence-electron chi connectivity index (χ4n) is 2.77. The normalized spacial score (nSPS) is 15.2. The molecule has 0 radical (unpaired) electrons. The molecule has 0 unspecified atom stereocenters. The first-order chi connectivity index (χ1) is 9.65. The quantitative estimate of drug-likeness (QED) is 0.900. The molecule has 1 aromatic rings. The van der Waals surface area contributed by atoms with Gasteiger partial charge in [0.2, 0.25) is 5.91 Å². The van der Waals surface area contributed by atoms with E-state index in [1.807, 2.05) is 19.1 Å². The molecule has 1 N–H and O–H groups in total. The average Bonchev–Trinajstić information content (AvgIpc) is 2.99. The number of rotatable bonds is 5. The molecule has 1 fully saturated rings. The number of amides is 1. The van der Waals surface area contributed by atoms with Gasteiger partial charge in [0.25, 0.3) is 0 Å². The first kappa shape index (κ1) is 14.7. The molecule has 1 aliphatic carbocycles. The van der Waals surface area contributed by atoms with Crippen molar-refractivity contribution in [2.75, 3.05) is 14.2 Å². The Labute approximate surface area is 120 Å². The largest absolute Gasteiger partial charge is 0.496 e. The fraction of sp³-hybridized carbons (Fsp3) is 0.562. The van der Waals surface area contributed by atoms with Gasteiger partial charge >= 0.3 is 0 Å². The lowest BCUT2D eigenvalue weighted by Gasteiger charge is -2.15. The minimum atomic E-state index is 0.157. The Bertz CT molecular complexity index is 479. The van der Waals surface area contributed by atoms with Gasteiger partial charge in [-0.05, 0) is 37.5 Å². The second-order valence-electron chi connectivity index (χ2n) is 5.33. The monoisotopic (exact) mass is 277 g/mol. The zero-order valence-electron chi connectivity index (χ0n) is 12.5. The van der Waals surface area contributed by atoms with Gasteiger partial charge in [0.15, 0.2) is 0 Å². The van der Waals surface area contributed by atoms with Crippen molar-refractivity contribution in [3.63, 3.8) is 0 Å². The predicted molar refractivity (Wildman–Crippen MR) is 78.1 cm³/mol. The first-order valence-electron chi connectivity index (χ1n) is 7.15. The summed E-state index contributed by atoms with van der Waals surface area (Å²) in [7, 11) is 3.29. The van der Waals surface area contributed by atoms with Crippen molar-refractivity contribution in [3.8, 4) is 11.5 Å². The summed E-state index contributed by atoms with van der Waals surface area (Å²) < 4.78 is 10.7. The third-order valence-corrected chi connectivity index (χ3v) is 3.98. The maximum Gasteiger partial charge on any atom is 0.223 e. The standard InChI is InChI=1S/C16H23NO3/c1-11-8-15(20-3)13(9-14(11)19-2)10-17-16(18)12-6-4-5-7-12/h8-9,12H,4-7,10H2,1-3H3,(H,17,18). The van der Waals surface area contributed by atoms with Gasteiger partial charge in [0.1, 0.15) is 11.5 Å². The van der Waals surface area contributed by atoms with Crippen LogP contribution in [0.15, 0.2) is 12.1 Å². The summed E-state index contributed by atoms with van der Waals surface area (Å²) in [5, 5.41) is 3.01. The van der Waals surface area contributed by atoms with E-state index < -0.39 is 0 Å². The van der Waals surface area contributed by atoms with Gasteiger partial charge in [-0.15, -0.1) is 0 Å². The highest BCUT2D eigenvalue weighted by atomic mass is 16.5. The topological polar surface area (TPSA) is 47.6 Å². The van der Waals surface area contributed by atoms with E-state index in [-0.39, 0.29) is 11.8 Å². The molecule has 0 aromatic heterocycles. The summed E-state index contributed by atoms with van der Waals surface area (Å²) in [5.74, 6) is 1.95. The summed E-state index contributed by atoms with van der Waals surface area (Å²) in [4.78, 5) is 12.1. The Hall–Kier alpha value is -1.71. The Balaban J connectivity index is 2.05. The first-order valence-corrected chi connectivity index (χ1v) is 7.15. The minimum Gasteiger partial charge on any atom is -0.496 e. The van der Waals surface area contributed by atoms with Gasteiger partial charge in [-0.25, -0.2) is 0 Å². The van der Waals surface area contributed by atoms with Crippen molar-refractivity contribution in [2.45, 2.75) is 39.2 Å². The molecular formula is C16H23NO3. The molecule has 4 heteroatoms. The van der Waals surface area contributed by atoms with Crippen molar-refractivity contribution in [1.82, 2.24) is 5.32 Å². The van der Waals surface area contributed by atoms with E-state index in [4.69, 9.17) is 9.47 Å². The lowest BCUT2D eigenvalue weighted by molar-refractivity contribution is -0.124. The van der Waals surface area contributed by atoms with E-state index in [1.54, 1.807) is 14.2 Å². The summed E-state index contributed by atoms with van der Waals surface area (Å²) in [6.07, 6.45) is 4.36. The van der Waals surface area contributed by atoms with Crippen LogP contribution < -0.4 is 14.8 Å². The van der Waals surface area contributed by atoms with Crippen LogP contribution in [-0.4, -0.2) is 20.1 Å². The molecular weight excluding hydrogens is 254 g/mol. The molecule has 1 aromatic carbocycles. The smallest absolute Gasteiger partial charge is 0.223 e. The summed E-state index contributed by atoms with van der Waals surface area (Å²) in [6.45, 7) is 2.46. The number of hydrogen-bond acceptors (Lipinski definition) is 3. The van der Waals surface area contributed by atoms with Crippen molar-refractivity contribution < 1.29 is 14.3 Å². The average molecular weight is 277 g/mol. The van der Waals surface area contributed by atoms with Crippen LogP contribution in [0.2, 0.25) is 0 Å². The van der Waals surface area contributed by atoms with Crippen molar-refractivity contribution in [3.05, 3.63) is 23.3 Å². The SMILES string of the molecule is COc1cc(CNC(=O)C2CCCC2)c(OC)cc1C. The Morgan fingerprint density at radius 2 is 1.85 bits per heavy atom. The Kier molecular flexibility index (Phi) is 4.88. The molecule has 1 saturated carbocycles. The maximum atomic E-state index is 12.1. The Morgan fingerprint density at radius 1 is 1.20 bits per heavy atom. The molecule has 110 valence electrons. The van der Waals surface area contributed by atoms with Gasteiger partial charge in [-0.1, -0.05) is 12.8 Å². The molecule has 4 nitrogen and oxygen atoms in total. The molecule has 0 spiro atoms. The van der Waals surface area contributed by atoms with E-state index in [2.05, 4.69) is 5.32 Å². The molecule has 0 atom stereocenters. The van der Waals surface area contributed by atoms with Crippen molar-refractivity contribution >= 4 is 5.91 Å². The number of hydrogen-bond donors (Lipinski definition) is 1. The van der Waals surface area contributed by atoms with Crippen LogP contribution in [0.4, 0.5) is 0 Å². The molecule has 20 heavy (non-hydrogen) atoms. The predicted octanol–water partition coefficient (Wildman–Crippen LogP) is 2.82. The van der Waals surface area contributed by atoms with E-state index in [0.29, 0.717) is 6.54 Å². The number of nitrogens with one attached hydrogen (secondary N) is 1. The van der Waals surface area contributed by atoms with Crippen LogP contribution >= 0.6 is 0 Å². The van der Waals surface area contributed by atoms with E-state index in [0.717, 1.165) is 35.5 Å². The van der Waals surface area contributed by atoms with Crippen LogP contribution in [-0.2, 0) is 11.3 Å². The number of benzene rings is 1. The molecule has 0 aliphatic heterocycles.